The Labute approximate surface area is 158 Å². The quantitative estimate of drug-likeness (QED) is 0.758. The Hall–Kier alpha value is -1.47. The summed E-state index contributed by atoms with van der Waals surface area (Å²) in [4.78, 5) is 27.3. The van der Waals surface area contributed by atoms with E-state index in [2.05, 4.69) is 21.0 Å². The van der Waals surface area contributed by atoms with Gasteiger partial charge in [0.1, 0.15) is 0 Å². The number of carbonyl (C=O) groups excluding carboxylic acids is 1. The lowest BCUT2D eigenvalue weighted by Gasteiger charge is -2.31. The molecule has 3 heterocycles. The summed E-state index contributed by atoms with van der Waals surface area (Å²) in [5.41, 5.74) is 1.03. The molecule has 2 fully saturated rings. The number of nitrogens with zero attached hydrogens (tertiary/aromatic N) is 3. The maximum absolute atomic E-state index is 12.5. The van der Waals surface area contributed by atoms with E-state index in [0.717, 1.165) is 41.0 Å². The van der Waals surface area contributed by atoms with E-state index in [9.17, 15) is 9.59 Å². The molecular formula is C18H20BrN3O2S. The first-order valence-electron chi connectivity index (χ1n) is 8.71. The monoisotopic (exact) mass is 421 g/mol. The third-order valence-corrected chi connectivity index (χ3v) is 6.67. The first-order chi connectivity index (χ1) is 12.1. The molecule has 0 radical (unpaired) electrons. The van der Waals surface area contributed by atoms with Crippen LogP contribution >= 0.6 is 27.3 Å². The number of carbonyl (C=O) groups is 1. The summed E-state index contributed by atoms with van der Waals surface area (Å²) in [5, 5.41) is 6.49. The van der Waals surface area contributed by atoms with E-state index < -0.39 is 0 Å². The van der Waals surface area contributed by atoms with Gasteiger partial charge < -0.3 is 4.90 Å². The summed E-state index contributed by atoms with van der Waals surface area (Å²) in [5.74, 6) is 1.07. The summed E-state index contributed by atoms with van der Waals surface area (Å²) >= 11 is 4.87. The summed E-state index contributed by atoms with van der Waals surface area (Å²) in [7, 11) is 0. The van der Waals surface area contributed by atoms with Crippen molar-refractivity contribution in [1.29, 1.82) is 0 Å². The molecule has 0 N–H and O–H groups in total. The van der Waals surface area contributed by atoms with Gasteiger partial charge in [0.25, 0.3) is 11.5 Å². The summed E-state index contributed by atoms with van der Waals surface area (Å²) in [6, 6.07) is 5.40. The van der Waals surface area contributed by atoms with Gasteiger partial charge in [-0.2, -0.15) is 5.10 Å². The largest absolute Gasteiger partial charge is 0.338 e. The minimum Gasteiger partial charge on any atom is -0.338 e. The molecule has 2 aromatic heterocycles. The van der Waals surface area contributed by atoms with Crippen molar-refractivity contribution in [3.63, 3.8) is 0 Å². The van der Waals surface area contributed by atoms with E-state index in [4.69, 9.17) is 0 Å². The Morgan fingerprint density at radius 3 is 2.64 bits per heavy atom. The van der Waals surface area contributed by atoms with Crippen LogP contribution in [0.5, 0.6) is 0 Å². The average molecular weight is 422 g/mol. The molecule has 7 heteroatoms. The number of aromatic nitrogens is 2. The molecule has 1 aliphatic carbocycles. The van der Waals surface area contributed by atoms with Crippen LogP contribution in [0.1, 0.15) is 47.0 Å². The summed E-state index contributed by atoms with van der Waals surface area (Å²) in [6.07, 6.45) is 4.20. The van der Waals surface area contributed by atoms with Gasteiger partial charge in [-0.3, -0.25) is 9.59 Å². The predicted molar refractivity (Wildman–Crippen MR) is 101 cm³/mol. The highest BCUT2D eigenvalue weighted by Crippen LogP contribution is 2.38. The lowest BCUT2D eigenvalue weighted by atomic mass is 9.96. The molecule has 2 aliphatic rings. The molecule has 4 rings (SSSR count). The number of likely N-dealkylation sites (tertiary alicyclic amines) is 1. The van der Waals surface area contributed by atoms with Gasteiger partial charge in [-0.05, 0) is 59.7 Å². The van der Waals surface area contributed by atoms with Gasteiger partial charge in [0.05, 0.1) is 10.6 Å². The van der Waals surface area contributed by atoms with Gasteiger partial charge in [-0.1, -0.05) is 0 Å². The van der Waals surface area contributed by atoms with Crippen molar-refractivity contribution in [3.8, 4) is 0 Å². The molecule has 0 unspecified atom stereocenters. The highest BCUT2D eigenvalue weighted by atomic mass is 79.9. The van der Waals surface area contributed by atoms with Gasteiger partial charge >= 0.3 is 0 Å². The zero-order chi connectivity index (χ0) is 17.4. The SMILES string of the molecule is O=C(c1cc(Br)cs1)N1CCC(Cn2nc(C3CC3)ccc2=O)CC1. The second kappa shape index (κ2) is 7.03. The second-order valence-electron chi connectivity index (χ2n) is 6.92. The summed E-state index contributed by atoms with van der Waals surface area (Å²) in [6.45, 7) is 2.15. The van der Waals surface area contributed by atoms with Gasteiger partial charge in [0, 0.05) is 41.5 Å². The fourth-order valence-electron chi connectivity index (χ4n) is 3.34. The highest BCUT2D eigenvalue weighted by Gasteiger charge is 2.27. The number of amides is 1. The van der Waals surface area contributed by atoms with Crippen molar-refractivity contribution < 1.29 is 4.79 Å². The van der Waals surface area contributed by atoms with Crippen LogP contribution in [0.25, 0.3) is 0 Å². The molecule has 0 atom stereocenters. The number of thiophene rings is 1. The minimum absolute atomic E-state index is 0.0219. The lowest BCUT2D eigenvalue weighted by molar-refractivity contribution is 0.0685. The molecule has 0 spiro atoms. The Morgan fingerprint density at radius 1 is 1.24 bits per heavy atom. The van der Waals surface area contributed by atoms with Crippen LogP contribution < -0.4 is 5.56 Å². The van der Waals surface area contributed by atoms with Crippen LogP contribution in [0.4, 0.5) is 0 Å². The van der Waals surface area contributed by atoms with Gasteiger partial charge in [-0.25, -0.2) is 4.68 Å². The third kappa shape index (κ3) is 3.87. The minimum atomic E-state index is -0.0219. The molecule has 132 valence electrons. The van der Waals surface area contributed by atoms with E-state index in [1.165, 1.54) is 24.2 Å². The molecule has 0 aromatic carbocycles. The van der Waals surface area contributed by atoms with Crippen molar-refractivity contribution in [2.24, 2.45) is 5.92 Å². The molecule has 1 aliphatic heterocycles. The van der Waals surface area contributed by atoms with Gasteiger partial charge in [0.15, 0.2) is 0 Å². The van der Waals surface area contributed by atoms with Gasteiger partial charge in [-0.15, -0.1) is 11.3 Å². The molecule has 0 bridgehead atoms. The Balaban J connectivity index is 1.37. The Bertz CT molecular complexity index is 835. The average Bonchev–Trinajstić information content (AvgIpc) is 3.38. The van der Waals surface area contributed by atoms with Crippen LogP contribution in [0.15, 0.2) is 32.8 Å². The first kappa shape index (κ1) is 17.0. The van der Waals surface area contributed by atoms with Crippen LogP contribution in [-0.4, -0.2) is 33.7 Å². The van der Waals surface area contributed by atoms with Crippen LogP contribution in [0.3, 0.4) is 0 Å². The van der Waals surface area contributed by atoms with Crippen LogP contribution in [0.2, 0.25) is 0 Å². The van der Waals surface area contributed by atoms with Crippen molar-refractivity contribution in [3.05, 3.63) is 49.0 Å². The lowest BCUT2D eigenvalue weighted by Crippen LogP contribution is -2.40. The number of halogens is 1. The smallest absolute Gasteiger partial charge is 0.266 e. The van der Waals surface area contributed by atoms with Gasteiger partial charge in [0.2, 0.25) is 0 Å². The zero-order valence-electron chi connectivity index (χ0n) is 13.9. The van der Waals surface area contributed by atoms with Crippen molar-refractivity contribution >= 4 is 33.2 Å². The van der Waals surface area contributed by atoms with E-state index in [0.29, 0.717) is 18.4 Å². The molecule has 1 saturated carbocycles. The number of piperidine rings is 1. The standard InChI is InChI=1S/C18H20BrN3O2S/c19-14-9-16(25-11-14)18(24)21-7-5-12(6-8-21)10-22-17(23)4-3-15(20-22)13-1-2-13/h3-4,9,11-13H,1-2,5-8,10H2. The zero-order valence-corrected chi connectivity index (χ0v) is 16.3. The summed E-state index contributed by atoms with van der Waals surface area (Å²) < 4.78 is 2.59. The highest BCUT2D eigenvalue weighted by molar-refractivity contribution is 9.10. The fourth-order valence-corrected chi connectivity index (χ4v) is 4.73. The third-order valence-electron chi connectivity index (χ3n) is 4.99. The molecule has 1 amide bonds. The number of rotatable bonds is 4. The van der Waals surface area contributed by atoms with E-state index in [-0.39, 0.29) is 11.5 Å². The molecule has 1 saturated heterocycles. The van der Waals surface area contributed by atoms with Crippen LogP contribution in [-0.2, 0) is 6.54 Å². The number of hydrogen-bond donors (Lipinski definition) is 0. The molecule has 2 aromatic rings. The normalized spacial score (nSPS) is 18.5. The first-order valence-corrected chi connectivity index (χ1v) is 10.4. The maximum Gasteiger partial charge on any atom is 0.266 e. The van der Waals surface area contributed by atoms with Crippen molar-refractivity contribution in [1.82, 2.24) is 14.7 Å². The predicted octanol–water partition coefficient (Wildman–Crippen LogP) is 3.50. The molecule has 25 heavy (non-hydrogen) atoms. The van der Waals surface area contributed by atoms with Crippen molar-refractivity contribution in [2.75, 3.05) is 13.1 Å². The Morgan fingerprint density at radius 2 is 2.00 bits per heavy atom. The van der Waals surface area contributed by atoms with Crippen LogP contribution in [0, 0.1) is 5.92 Å². The van der Waals surface area contributed by atoms with E-state index in [1.54, 1.807) is 10.7 Å². The fraction of sp³-hybridized carbons (Fsp3) is 0.500. The molecular weight excluding hydrogens is 402 g/mol. The van der Waals surface area contributed by atoms with E-state index in [1.807, 2.05) is 22.4 Å². The second-order valence-corrected chi connectivity index (χ2v) is 8.74. The Kier molecular flexibility index (Phi) is 4.78. The van der Waals surface area contributed by atoms with Crippen molar-refractivity contribution in [2.45, 2.75) is 38.1 Å². The molecule has 5 nitrogen and oxygen atoms in total. The maximum atomic E-state index is 12.5. The topological polar surface area (TPSA) is 55.2 Å². The number of hydrogen-bond acceptors (Lipinski definition) is 4. The van der Waals surface area contributed by atoms with E-state index >= 15 is 0 Å².